The van der Waals surface area contributed by atoms with Crippen LogP contribution in [-0.2, 0) is 10.0 Å². The summed E-state index contributed by atoms with van der Waals surface area (Å²) in [5, 5.41) is 0. The van der Waals surface area contributed by atoms with Crippen molar-refractivity contribution in [3.8, 4) is 5.75 Å². The van der Waals surface area contributed by atoms with Crippen LogP contribution < -0.4 is 9.46 Å². The van der Waals surface area contributed by atoms with Gasteiger partial charge in [-0.1, -0.05) is 24.3 Å². The van der Waals surface area contributed by atoms with E-state index in [1.807, 2.05) is 0 Å². The van der Waals surface area contributed by atoms with Gasteiger partial charge in [0.25, 0.3) is 10.0 Å². The maximum absolute atomic E-state index is 12.4. The van der Waals surface area contributed by atoms with Crippen molar-refractivity contribution < 1.29 is 17.9 Å². The molecule has 0 aliphatic carbocycles. The first-order valence-corrected chi connectivity index (χ1v) is 7.69. The van der Waals surface area contributed by atoms with Gasteiger partial charge in [-0.05, 0) is 31.2 Å². The molecular weight excluding hydrogens is 290 g/mol. The fourth-order valence-electron chi connectivity index (χ4n) is 1.81. The molecule has 0 spiro atoms. The normalized spacial score (nSPS) is 11.0. The van der Waals surface area contributed by atoms with Crippen LogP contribution in [0.2, 0.25) is 0 Å². The molecule has 1 N–H and O–H groups in total. The van der Waals surface area contributed by atoms with Crippen molar-refractivity contribution in [1.82, 2.24) is 0 Å². The van der Waals surface area contributed by atoms with Crippen molar-refractivity contribution >= 4 is 21.5 Å². The summed E-state index contributed by atoms with van der Waals surface area (Å²) in [4.78, 5) is 11.4. The molecule has 0 amide bonds. The Kier molecular flexibility index (Phi) is 4.28. The van der Waals surface area contributed by atoms with Crippen LogP contribution >= 0.6 is 0 Å². The minimum atomic E-state index is -3.78. The predicted octanol–water partition coefficient (Wildman–Crippen LogP) is 2.70. The SMILES string of the molecule is COc1ccccc1NS(=O)(=O)c1cccc(C(C)=O)c1. The number of nitrogens with one attached hydrogen (secondary N) is 1. The van der Waals surface area contributed by atoms with E-state index in [0.29, 0.717) is 17.0 Å². The van der Waals surface area contributed by atoms with Crippen LogP contribution in [0.1, 0.15) is 17.3 Å². The molecular formula is C15H15NO4S. The lowest BCUT2D eigenvalue weighted by atomic mass is 10.2. The van der Waals surface area contributed by atoms with Gasteiger partial charge in [-0.3, -0.25) is 9.52 Å². The van der Waals surface area contributed by atoms with Crippen LogP contribution in [0.4, 0.5) is 5.69 Å². The molecule has 6 heteroatoms. The number of methoxy groups -OCH3 is 1. The first-order chi connectivity index (χ1) is 9.94. The molecule has 0 fully saturated rings. The zero-order chi connectivity index (χ0) is 15.5. The zero-order valence-corrected chi connectivity index (χ0v) is 12.5. The van der Waals surface area contributed by atoms with Crippen molar-refractivity contribution in [2.45, 2.75) is 11.8 Å². The first kappa shape index (κ1) is 15.1. The number of ether oxygens (including phenoxy) is 1. The summed E-state index contributed by atoms with van der Waals surface area (Å²) in [5.74, 6) is 0.230. The number of hydrogen-bond acceptors (Lipinski definition) is 4. The monoisotopic (exact) mass is 305 g/mol. The van der Waals surface area contributed by atoms with E-state index >= 15 is 0 Å². The number of ketones is 1. The number of carbonyl (C=O) groups excluding carboxylic acids is 1. The molecule has 5 nitrogen and oxygen atoms in total. The van der Waals surface area contributed by atoms with E-state index in [9.17, 15) is 13.2 Å². The molecule has 0 bridgehead atoms. The number of sulfonamides is 1. The zero-order valence-electron chi connectivity index (χ0n) is 11.7. The number of benzene rings is 2. The lowest BCUT2D eigenvalue weighted by Crippen LogP contribution is -2.14. The first-order valence-electron chi connectivity index (χ1n) is 6.21. The average molecular weight is 305 g/mol. The van der Waals surface area contributed by atoms with Gasteiger partial charge in [0.2, 0.25) is 0 Å². The van der Waals surface area contributed by atoms with Crippen LogP contribution in [0, 0.1) is 0 Å². The van der Waals surface area contributed by atoms with Gasteiger partial charge < -0.3 is 4.74 Å². The highest BCUT2D eigenvalue weighted by Gasteiger charge is 2.17. The highest BCUT2D eigenvalue weighted by Crippen LogP contribution is 2.26. The van der Waals surface area contributed by atoms with E-state index in [1.54, 1.807) is 30.3 Å². The minimum Gasteiger partial charge on any atom is -0.495 e. The number of Topliss-reactive ketones (excluding diaryl/α,β-unsaturated/α-hetero) is 1. The topological polar surface area (TPSA) is 72.5 Å². The van der Waals surface area contributed by atoms with Crippen molar-refractivity contribution in [2.24, 2.45) is 0 Å². The lowest BCUT2D eigenvalue weighted by Gasteiger charge is -2.12. The molecule has 110 valence electrons. The van der Waals surface area contributed by atoms with Crippen LogP contribution in [0.5, 0.6) is 5.75 Å². The largest absolute Gasteiger partial charge is 0.495 e. The van der Waals surface area contributed by atoms with Crippen molar-refractivity contribution in [1.29, 1.82) is 0 Å². The predicted molar refractivity (Wildman–Crippen MR) is 80.2 cm³/mol. The third kappa shape index (κ3) is 3.41. The number of hydrogen-bond donors (Lipinski definition) is 1. The van der Waals surface area contributed by atoms with E-state index in [0.717, 1.165) is 0 Å². The van der Waals surface area contributed by atoms with Gasteiger partial charge in [0.15, 0.2) is 5.78 Å². The van der Waals surface area contributed by atoms with Gasteiger partial charge >= 0.3 is 0 Å². The maximum Gasteiger partial charge on any atom is 0.262 e. The van der Waals surface area contributed by atoms with Gasteiger partial charge in [0.05, 0.1) is 17.7 Å². The highest BCUT2D eigenvalue weighted by molar-refractivity contribution is 7.92. The summed E-state index contributed by atoms with van der Waals surface area (Å²) >= 11 is 0. The fraction of sp³-hybridized carbons (Fsp3) is 0.133. The Balaban J connectivity index is 2.39. The number of carbonyl (C=O) groups is 1. The van der Waals surface area contributed by atoms with E-state index < -0.39 is 10.0 Å². The van der Waals surface area contributed by atoms with Crippen molar-refractivity contribution in [3.05, 3.63) is 54.1 Å². The quantitative estimate of drug-likeness (QED) is 0.862. The minimum absolute atomic E-state index is 0.0288. The van der Waals surface area contributed by atoms with Crippen LogP contribution in [0.15, 0.2) is 53.4 Å². The highest BCUT2D eigenvalue weighted by atomic mass is 32.2. The molecule has 0 radical (unpaired) electrons. The second-order valence-corrected chi connectivity index (χ2v) is 6.07. The number of para-hydroxylation sites is 2. The van der Waals surface area contributed by atoms with Gasteiger partial charge in [-0.25, -0.2) is 8.42 Å². The third-order valence-corrected chi connectivity index (χ3v) is 4.27. The van der Waals surface area contributed by atoms with Crippen LogP contribution in [0.3, 0.4) is 0 Å². The van der Waals surface area contributed by atoms with E-state index in [-0.39, 0.29) is 10.7 Å². The van der Waals surface area contributed by atoms with Gasteiger partial charge in [-0.15, -0.1) is 0 Å². The fourth-order valence-corrected chi connectivity index (χ4v) is 2.93. The summed E-state index contributed by atoms with van der Waals surface area (Å²) in [6, 6.07) is 12.6. The molecule has 0 aliphatic heterocycles. The molecule has 2 aromatic rings. The molecule has 0 saturated carbocycles. The number of anilines is 1. The smallest absolute Gasteiger partial charge is 0.262 e. The molecule has 0 aromatic heterocycles. The van der Waals surface area contributed by atoms with Crippen molar-refractivity contribution in [2.75, 3.05) is 11.8 Å². The Morgan fingerprint density at radius 2 is 1.81 bits per heavy atom. The maximum atomic E-state index is 12.4. The van der Waals surface area contributed by atoms with E-state index in [2.05, 4.69) is 4.72 Å². The summed E-state index contributed by atoms with van der Waals surface area (Å²) < 4.78 is 32.3. The van der Waals surface area contributed by atoms with Crippen LogP contribution in [-0.4, -0.2) is 21.3 Å². The Labute approximate surface area is 123 Å². The second kappa shape index (κ2) is 5.97. The summed E-state index contributed by atoms with van der Waals surface area (Å²) in [6.07, 6.45) is 0. The molecule has 0 unspecified atom stereocenters. The van der Waals surface area contributed by atoms with Gasteiger partial charge in [0.1, 0.15) is 5.75 Å². The Morgan fingerprint density at radius 1 is 1.10 bits per heavy atom. The molecule has 0 saturated heterocycles. The third-order valence-electron chi connectivity index (χ3n) is 2.90. The molecule has 2 rings (SSSR count). The van der Waals surface area contributed by atoms with Crippen molar-refractivity contribution in [3.63, 3.8) is 0 Å². The number of rotatable bonds is 5. The molecule has 0 atom stereocenters. The molecule has 0 aliphatic rings. The Hall–Kier alpha value is -2.34. The molecule has 0 heterocycles. The standard InChI is InChI=1S/C15H15NO4S/c1-11(17)12-6-5-7-13(10-12)21(18,19)16-14-8-3-4-9-15(14)20-2/h3-10,16H,1-2H3. The van der Waals surface area contributed by atoms with E-state index in [1.165, 1.54) is 32.2 Å². The van der Waals surface area contributed by atoms with Gasteiger partial charge in [-0.2, -0.15) is 0 Å². The average Bonchev–Trinajstić information content (AvgIpc) is 2.47. The lowest BCUT2D eigenvalue weighted by molar-refractivity contribution is 0.101. The summed E-state index contributed by atoms with van der Waals surface area (Å²) in [5.41, 5.74) is 0.686. The van der Waals surface area contributed by atoms with E-state index in [4.69, 9.17) is 4.74 Å². The summed E-state index contributed by atoms with van der Waals surface area (Å²) in [7, 11) is -2.32. The molecule has 21 heavy (non-hydrogen) atoms. The summed E-state index contributed by atoms with van der Waals surface area (Å²) in [6.45, 7) is 1.39. The Bertz CT molecular complexity index is 769. The second-order valence-electron chi connectivity index (χ2n) is 4.39. The van der Waals surface area contributed by atoms with Crippen LogP contribution in [0.25, 0.3) is 0 Å². The Morgan fingerprint density at radius 3 is 2.48 bits per heavy atom. The van der Waals surface area contributed by atoms with Gasteiger partial charge in [0, 0.05) is 5.56 Å². The molecule has 2 aromatic carbocycles.